The van der Waals surface area contributed by atoms with Crippen LogP contribution in [0.4, 0.5) is 4.39 Å². The number of ether oxygens (including phenoxy) is 1. The third-order valence-corrected chi connectivity index (χ3v) is 4.08. The first-order valence-electron chi connectivity index (χ1n) is 6.19. The van der Waals surface area contributed by atoms with Gasteiger partial charge in [0.1, 0.15) is 5.82 Å². The number of aliphatic hydroxyl groups is 1. The van der Waals surface area contributed by atoms with Gasteiger partial charge in [0, 0.05) is 17.5 Å². The standard InChI is InChI=1S/C14H20BrFO2/c1-4-14(3,18-5-2)13(17)9-10-8-11(16)6-7-12(10)15/h6-8,13,17H,4-5,9H2,1-3H3. The normalized spacial score (nSPS) is 16.3. The van der Waals surface area contributed by atoms with Crippen LogP contribution in [0.3, 0.4) is 0 Å². The molecule has 1 aromatic carbocycles. The van der Waals surface area contributed by atoms with Gasteiger partial charge in [-0.2, -0.15) is 0 Å². The second-order valence-corrected chi connectivity index (χ2v) is 5.41. The first-order valence-corrected chi connectivity index (χ1v) is 6.98. The summed E-state index contributed by atoms with van der Waals surface area (Å²) in [5.74, 6) is -0.296. The van der Waals surface area contributed by atoms with Gasteiger partial charge in [0.15, 0.2) is 0 Å². The van der Waals surface area contributed by atoms with Gasteiger partial charge in [0.05, 0.1) is 11.7 Å². The minimum atomic E-state index is -0.666. The van der Waals surface area contributed by atoms with Crippen molar-refractivity contribution in [3.8, 4) is 0 Å². The Hall–Kier alpha value is -0.450. The third kappa shape index (κ3) is 3.77. The summed E-state index contributed by atoms with van der Waals surface area (Å²) >= 11 is 3.37. The maximum Gasteiger partial charge on any atom is 0.123 e. The number of aliphatic hydroxyl groups excluding tert-OH is 1. The smallest absolute Gasteiger partial charge is 0.123 e. The summed E-state index contributed by atoms with van der Waals surface area (Å²) in [6.45, 7) is 6.30. The molecule has 0 spiro atoms. The van der Waals surface area contributed by atoms with Gasteiger partial charge in [-0.25, -0.2) is 4.39 Å². The summed E-state index contributed by atoms with van der Waals surface area (Å²) < 4.78 is 19.6. The molecule has 0 aliphatic heterocycles. The molecule has 0 aliphatic carbocycles. The molecule has 2 nitrogen and oxygen atoms in total. The number of benzene rings is 1. The maximum absolute atomic E-state index is 13.2. The number of hydrogen-bond donors (Lipinski definition) is 1. The molecule has 0 aromatic heterocycles. The van der Waals surface area contributed by atoms with Gasteiger partial charge in [-0.3, -0.25) is 0 Å². The Morgan fingerprint density at radius 2 is 2.11 bits per heavy atom. The highest BCUT2D eigenvalue weighted by atomic mass is 79.9. The van der Waals surface area contributed by atoms with E-state index in [0.29, 0.717) is 19.4 Å². The summed E-state index contributed by atoms with van der Waals surface area (Å²) in [5.41, 5.74) is 0.155. The average Bonchev–Trinajstić information content (AvgIpc) is 2.34. The molecule has 1 aromatic rings. The second-order valence-electron chi connectivity index (χ2n) is 4.55. The Morgan fingerprint density at radius 1 is 1.44 bits per heavy atom. The topological polar surface area (TPSA) is 29.5 Å². The highest BCUT2D eigenvalue weighted by Gasteiger charge is 2.32. The van der Waals surface area contributed by atoms with Crippen LogP contribution in [0.5, 0.6) is 0 Å². The van der Waals surface area contributed by atoms with Crippen molar-refractivity contribution >= 4 is 15.9 Å². The monoisotopic (exact) mass is 318 g/mol. The first kappa shape index (κ1) is 15.6. The van der Waals surface area contributed by atoms with Crippen LogP contribution in [0.2, 0.25) is 0 Å². The van der Waals surface area contributed by atoms with Gasteiger partial charge in [-0.1, -0.05) is 22.9 Å². The molecule has 0 bridgehead atoms. The number of rotatable bonds is 6. The van der Waals surface area contributed by atoms with Crippen molar-refractivity contribution in [3.05, 3.63) is 34.1 Å². The summed E-state index contributed by atoms with van der Waals surface area (Å²) in [6.07, 6.45) is 0.401. The van der Waals surface area contributed by atoms with Gasteiger partial charge < -0.3 is 9.84 Å². The summed E-state index contributed by atoms with van der Waals surface area (Å²) in [5, 5.41) is 10.3. The van der Waals surface area contributed by atoms with E-state index in [1.54, 1.807) is 6.07 Å². The molecule has 1 rings (SSSR count). The van der Waals surface area contributed by atoms with Crippen LogP contribution >= 0.6 is 15.9 Å². The lowest BCUT2D eigenvalue weighted by Crippen LogP contribution is -2.43. The number of halogens is 2. The average molecular weight is 319 g/mol. The molecule has 0 fully saturated rings. The van der Waals surface area contributed by atoms with E-state index < -0.39 is 11.7 Å². The lowest BCUT2D eigenvalue weighted by Gasteiger charge is -2.33. The van der Waals surface area contributed by atoms with E-state index in [1.807, 2.05) is 20.8 Å². The molecular weight excluding hydrogens is 299 g/mol. The molecule has 2 atom stereocenters. The van der Waals surface area contributed by atoms with Gasteiger partial charge in [-0.05, 0) is 44.0 Å². The summed E-state index contributed by atoms with van der Waals surface area (Å²) in [4.78, 5) is 0. The van der Waals surface area contributed by atoms with Crippen LogP contribution in [0.1, 0.15) is 32.8 Å². The maximum atomic E-state index is 13.2. The van der Waals surface area contributed by atoms with E-state index in [2.05, 4.69) is 15.9 Å². The van der Waals surface area contributed by atoms with E-state index in [1.165, 1.54) is 12.1 Å². The fourth-order valence-electron chi connectivity index (χ4n) is 1.89. The van der Waals surface area contributed by atoms with Crippen molar-refractivity contribution in [2.24, 2.45) is 0 Å². The van der Waals surface area contributed by atoms with Crippen LogP contribution in [0.25, 0.3) is 0 Å². The molecule has 2 unspecified atom stereocenters. The van der Waals surface area contributed by atoms with Crippen LogP contribution in [0.15, 0.2) is 22.7 Å². The molecule has 0 saturated heterocycles. The predicted molar refractivity (Wildman–Crippen MR) is 74.1 cm³/mol. The van der Waals surface area contributed by atoms with Crippen LogP contribution < -0.4 is 0 Å². The van der Waals surface area contributed by atoms with Gasteiger partial charge in [-0.15, -0.1) is 0 Å². The molecule has 0 radical (unpaired) electrons. The minimum Gasteiger partial charge on any atom is -0.390 e. The Labute approximate surface area is 116 Å². The minimum absolute atomic E-state index is 0.296. The lowest BCUT2D eigenvalue weighted by molar-refractivity contribution is -0.110. The zero-order chi connectivity index (χ0) is 13.8. The fraction of sp³-hybridized carbons (Fsp3) is 0.571. The lowest BCUT2D eigenvalue weighted by atomic mass is 9.90. The summed E-state index contributed by atoms with van der Waals surface area (Å²) in [6, 6.07) is 4.48. The van der Waals surface area contributed by atoms with Crippen molar-refractivity contribution < 1.29 is 14.2 Å². The van der Waals surface area contributed by atoms with Crippen LogP contribution in [0, 0.1) is 5.82 Å². The van der Waals surface area contributed by atoms with Crippen LogP contribution in [-0.2, 0) is 11.2 Å². The molecule has 4 heteroatoms. The van der Waals surface area contributed by atoms with Crippen molar-refractivity contribution in [1.29, 1.82) is 0 Å². The highest BCUT2D eigenvalue weighted by Crippen LogP contribution is 2.26. The van der Waals surface area contributed by atoms with Gasteiger partial charge in [0.25, 0.3) is 0 Å². The molecule has 0 heterocycles. The van der Waals surface area contributed by atoms with Crippen molar-refractivity contribution in [2.75, 3.05) is 6.61 Å². The molecule has 0 amide bonds. The van der Waals surface area contributed by atoms with Gasteiger partial charge >= 0.3 is 0 Å². The molecule has 1 N–H and O–H groups in total. The molecular formula is C14H20BrFO2. The van der Waals surface area contributed by atoms with Crippen molar-refractivity contribution in [1.82, 2.24) is 0 Å². The van der Waals surface area contributed by atoms with E-state index >= 15 is 0 Å². The van der Waals surface area contributed by atoms with E-state index in [9.17, 15) is 9.50 Å². The molecule has 0 aliphatic rings. The Kier molecular flexibility index (Phi) is 5.76. The first-order chi connectivity index (χ1) is 8.42. The Morgan fingerprint density at radius 3 is 2.67 bits per heavy atom. The quantitative estimate of drug-likeness (QED) is 0.866. The molecule has 18 heavy (non-hydrogen) atoms. The van der Waals surface area contributed by atoms with Crippen molar-refractivity contribution in [3.63, 3.8) is 0 Å². The SMILES string of the molecule is CCOC(C)(CC)C(O)Cc1cc(F)ccc1Br. The van der Waals surface area contributed by atoms with Crippen molar-refractivity contribution in [2.45, 2.75) is 45.3 Å². The van der Waals surface area contributed by atoms with Gasteiger partial charge in [0.2, 0.25) is 0 Å². The fourth-order valence-corrected chi connectivity index (χ4v) is 2.30. The zero-order valence-electron chi connectivity index (χ0n) is 11.0. The van der Waals surface area contributed by atoms with Crippen LogP contribution in [-0.4, -0.2) is 23.4 Å². The highest BCUT2D eigenvalue weighted by molar-refractivity contribution is 9.10. The largest absolute Gasteiger partial charge is 0.390 e. The number of hydrogen-bond acceptors (Lipinski definition) is 2. The third-order valence-electron chi connectivity index (χ3n) is 3.30. The van der Waals surface area contributed by atoms with E-state index in [-0.39, 0.29) is 5.82 Å². The van der Waals surface area contributed by atoms with E-state index in [0.717, 1.165) is 10.0 Å². The second kappa shape index (κ2) is 6.64. The Bertz CT molecular complexity index is 397. The Balaban J connectivity index is 2.85. The molecule has 0 saturated carbocycles. The van der Waals surface area contributed by atoms with E-state index in [4.69, 9.17) is 4.74 Å². The predicted octanol–water partition coefficient (Wildman–Crippen LogP) is 3.70. The zero-order valence-corrected chi connectivity index (χ0v) is 12.6. The molecule has 102 valence electrons. The summed E-state index contributed by atoms with van der Waals surface area (Å²) in [7, 11) is 0.